The Morgan fingerprint density at radius 3 is 2.52 bits per heavy atom. The number of carbonyl (C=O) groups excluding carboxylic acids is 2. The maximum Gasteiger partial charge on any atom is 0.338 e. The Balaban J connectivity index is 1.86. The lowest BCUT2D eigenvalue weighted by atomic mass is 10.2. The minimum atomic E-state index is -0.377. The summed E-state index contributed by atoms with van der Waals surface area (Å²) in [6.07, 6.45) is 0. The van der Waals surface area contributed by atoms with Gasteiger partial charge in [0.25, 0.3) is 0 Å². The van der Waals surface area contributed by atoms with Crippen LogP contribution in [0.25, 0.3) is 0 Å². The average Bonchev–Trinajstić information content (AvgIpc) is 2.54. The smallest absolute Gasteiger partial charge is 0.338 e. The average molecular weight is 377 g/mol. The fourth-order valence-electron chi connectivity index (χ4n) is 1.91. The number of amides is 2. The SMILES string of the molecule is CCOC(=O)c1ccc(NC(=O)NCc2cccc(Br)c2)cc1. The number of hydrogen-bond acceptors (Lipinski definition) is 3. The van der Waals surface area contributed by atoms with E-state index >= 15 is 0 Å². The number of hydrogen-bond donors (Lipinski definition) is 2. The molecule has 0 bridgehead atoms. The summed E-state index contributed by atoms with van der Waals surface area (Å²) in [6, 6.07) is 13.9. The van der Waals surface area contributed by atoms with Crippen molar-refractivity contribution in [3.8, 4) is 0 Å². The highest BCUT2D eigenvalue weighted by Gasteiger charge is 2.07. The largest absolute Gasteiger partial charge is 0.462 e. The monoisotopic (exact) mass is 376 g/mol. The molecule has 0 aliphatic rings. The van der Waals surface area contributed by atoms with Gasteiger partial charge in [0.2, 0.25) is 0 Å². The Hall–Kier alpha value is -2.34. The number of rotatable bonds is 5. The second kappa shape index (κ2) is 8.33. The molecule has 2 aromatic carbocycles. The summed E-state index contributed by atoms with van der Waals surface area (Å²) in [7, 11) is 0. The summed E-state index contributed by atoms with van der Waals surface area (Å²) in [5.74, 6) is -0.377. The van der Waals surface area contributed by atoms with Gasteiger partial charge in [-0.2, -0.15) is 0 Å². The quantitative estimate of drug-likeness (QED) is 0.776. The lowest BCUT2D eigenvalue weighted by Crippen LogP contribution is -2.28. The van der Waals surface area contributed by atoms with Gasteiger partial charge in [-0.25, -0.2) is 9.59 Å². The molecule has 2 rings (SSSR count). The maximum atomic E-state index is 11.9. The van der Waals surface area contributed by atoms with Crippen LogP contribution in [0.1, 0.15) is 22.8 Å². The molecule has 0 aliphatic carbocycles. The Bertz CT molecular complexity index is 686. The molecule has 0 spiro atoms. The zero-order valence-electron chi connectivity index (χ0n) is 12.6. The minimum absolute atomic E-state index is 0.311. The molecule has 2 aromatic rings. The first kappa shape index (κ1) is 17.0. The fraction of sp³-hybridized carbons (Fsp3) is 0.176. The molecule has 0 saturated heterocycles. The predicted octanol–water partition coefficient (Wildman–Crippen LogP) is 3.95. The molecule has 6 heteroatoms. The van der Waals surface area contributed by atoms with Crippen molar-refractivity contribution in [3.63, 3.8) is 0 Å². The van der Waals surface area contributed by atoms with Gasteiger partial charge in [0.1, 0.15) is 0 Å². The van der Waals surface area contributed by atoms with Crippen molar-refractivity contribution in [1.29, 1.82) is 0 Å². The summed E-state index contributed by atoms with van der Waals surface area (Å²) in [5.41, 5.74) is 2.05. The van der Waals surface area contributed by atoms with E-state index in [2.05, 4.69) is 26.6 Å². The highest BCUT2D eigenvalue weighted by atomic mass is 79.9. The van der Waals surface area contributed by atoms with Gasteiger partial charge in [-0.05, 0) is 48.9 Å². The van der Waals surface area contributed by atoms with Crippen molar-refractivity contribution in [2.45, 2.75) is 13.5 Å². The van der Waals surface area contributed by atoms with Crippen LogP contribution in [0.5, 0.6) is 0 Å². The van der Waals surface area contributed by atoms with Crippen molar-refractivity contribution in [3.05, 3.63) is 64.1 Å². The van der Waals surface area contributed by atoms with Crippen LogP contribution < -0.4 is 10.6 Å². The van der Waals surface area contributed by atoms with Gasteiger partial charge in [0, 0.05) is 16.7 Å². The third-order valence-electron chi connectivity index (χ3n) is 3.00. The molecule has 0 unspecified atom stereocenters. The lowest BCUT2D eigenvalue weighted by Gasteiger charge is -2.08. The first-order valence-electron chi connectivity index (χ1n) is 7.15. The summed E-state index contributed by atoms with van der Waals surface area (Å²) >= 11 is 3.39. The Morgan fingerprint density at radius 1 is 1.13 bits per heavy atom. The molecular weight excluding hydrogens is 360 g/mol. The Morgan fingerprint density at radius 2 is 1.87 bits per heavy atom. The summed E-state index contributed by atoms with van der Waals surface area (Å²) in [5, 5.41) is 5.48. The molecule has 0 fully saturated rings. The maximum absolute atomic E-state index is 11.9. The van der Waals surface area contributed by atoms with E-state index < -0.39 is 0 Å². The van der Waals surface area contributed by atoms with Crippen LogP contribution in [0.4, 0.5) is 10.5 Å². The van der Waals surface area contributed by atoms with Crippen LogP contribution in [0.2, 0.25) is 0 Å². The molecule has 2 amide bonds. The van der Waals surface area contributed by atoms with Crippen LogP contribution >= 0.6 is 15.9 Å². The molecule has 0 saturated carbocycles. The molecule has 0 aliphatic heterocycles. The third kappa shape index (κ3) is 5.41. The molecule has 2 N–H and O–H groups in total. The van der Waals surface area contributed by atoms with E-state index in [-0.39, 0.29) is 12.0 Å². The van der Waals surface area contributed by atoms with Gasteiger partial charge in [0.15, 0.2) is 0 Å². The van der Waals surface area contributed by atoms with Crippen molar-refractivity contribution < 1.29 is 14.3 Å². The predicted molar refractivity (Wildman–Crippen MR) is 92.4 cm³/mol. The fourth-order valence-corrected chi connectivity index (χ4v) is 2.36. The van der Waals surface area contributed by atoms with E-state index in [1.165, 1.54) is 0 Å². The number of urea groups is 1. The van der Waals surface area contributed by atoms with E-state index in [4.69, 9.17) is 4.74 Å². The van der Waals surface area contributed by atoms with Gasteiger partial charge in [-0.1, -0.05) is 28.1 Å². The van der Waals surface area contributed by atoms with Gasteiger partial charge in [0.05, 0.1) is 12.2 Å². The van der Waals surface area contributed by atoms with Crippen molar-refractivity contribution in [2.75, 3.05) is 11.9 Å². The number of anilines is 1. The van der Waals surface area contributed by atoms with E-state index in [0.29, 0.717) is 24.4 Å². The number of halogens is 1. The molecule has 0 heterocycles. The third-order valence-corrected chi connectivity index (χ3v) is 3.49. The number of esters is 1. The molecule has 0 aromatic heterocycles. The van der Waals surface area contributed by atoms with Crippen LogP contribution in [-0.2, 0) is 11.3 Å². The molecule has 0 atom stereocenters. The molecule has 5 nitrogen and oxygen atoms in total. The lowest BCUT2D eigenvalue weighted by molar-refractivity contribution is 0.0526. The van der Waals surface area contributed by atoms with E-state index in [1.807, 2.05) is 24.3 Å². The second-order valence-electron chi connectivity index (χ2n) is 4.74. The summed E-state index contributed by atoms with van der Waals surface area (Å²) in [4.78, 5) is 23.4. The van der Waals surface area contributed by atoms with Crippen molar-refractivity contribution in [2.24, 2.45) is 0 Å². The number of benzene rings is 2. The summed E-state index contributed by atoms with van der Waals surface area (Å²) < 4.78 is 5.87. The van der Waals surface area contributed by atoms with Crippen LogP contribution in [0.3, 0.4) is 0 Å². The molecule has 120 valence electrons. The topological polar surface area (TPSA) is 67.4 Å². The van der Waals surface area contributed by atoms with Crippen molar-refractivity contribution >= 4 is 33.6 Å². The minimum Gasteiger partial charge on any atom is -0.462 e. The van der Waals surface area contributed by atoms with Gasteiger partial charge >= 0.3 is 12.0 Å². The summed E-state index contributed by atoms with van der Waals surface area (Å²) in [6.45, 7) is 2.51. The molecule has 0 radical (unpaired) electrons. The Labute approximate surface area is 143 Å². The second-order valence-corrected chi connectivity index (χ2v) is 5.65. The number of carbonyl (C=O) groups is 2. The molecule has 23 heavy (non-hydrogen) atoms. The number of ether oxygens (including phenoxy) is 1. The van der Waals surface area contributed by atoms with Crippen LogP contribution in [0, 0.1) is 0 Å². The van der Waals surface area contributed by atoms with Crippen LogP contribution in [-0.4, -0.2) is 18.6 Å². The molecular formula is C17H17BrN2O3. The van der Waals surface area contributed by atoms with Gasteiger partial charge in [-0.15, -0.1) is 0 Å². The highest BCUT2D eigenvalue weighted by Crippen LogP contribution is 2.12. The van der Waals surface area contributed by atoms with E-state index in [1.54, 1.807) is 31.2 Å². The standard InChI is InChI=1S/C17H17BrN2O3/c1-2-23-16(21)13-6-8-15(9-7-13)20-17(22)19-11-12-4-3-5-14(18)10-12/h3-10H,2,11H2,1H3,(H2,19,20,22). The van der Waals surface area contributed by atoms with E-state index in [9.17, 15) is 9.59 Å². The van der Waals surface area contributed by atoms with Crippen molar-refractivity contribution in [1.82, 2.24) is 5.32 Å². The first-order chi connectivity index (χ1) is 11.1. The normalized spacial score (nSPS) is 10.0. The Kier molecular flexibility index (Phi) is 6.17. The number of nitrogens with one attached hydrogen (secondary N) is 2. The zero-order valence-corrected chi connectivity index (χ0v) is 14.2. The first-order valence-corrected chi connectivity index (χ1v) is 7.94. The van der Waals surface area contributed by atoms with Gasteiger partial charge in [-0.3, -0.25) is 0 Å². The zero-order chi connectivity index (χ0) is 16.7. The van der Waals surface area contributed by atoms with E-state index in [0.717, 1.165) is 10.0 Å². The van der Waals surface area contributed by atoms with Gasteiger partial charge < -0.3 is 15.4 Å². The van der Waals surface area contributed by atoms with Crippen LogP contribution in [0.15, 0.2) is 53.0 Å². The highest BCUT2D eigenvalue weighted by molar-refractivity contribution is 9.10.